The van der Waals surface area contributed by atoms with Crippen LogP contribution in [0.5, 0.6) is 11.5 Å². The summed E-state index contributed by atoms with van der Waals surface area (Å²) in [6.07, 6.45) is 2.44. The summed E-state index contributed by atoms with van der Waals surface area (Å²) in [7, 11) is -0.549. The number of aryl methyl sites for hydroxylation is 1. The third-order valence-electron chi connectivity index (χ3n) is 4.43. The number of hydrogen-bond donors (Lipinski definition) is 1. The van der Waals surface area contributed by atoms with E-state index in [9.17, 15) is 8.42 Å². The summed E-state index contributed by atoms with van der Waals surface area (Å²) >= 11 is 0. The fourth-order valence-electron chi connectivity index (χ4n) is 3.16. The highest BCUT2D eigenvalue weighted by Gasteiger charge is 2.21. The summed E-state index contributed by atoms with van der Waals surface area (Å²) in [5.41, 5.74) is 0.631. The van der Waals surface area contributed by atoms with Gasteiger partial charge in [0.25, 0.3) is 0 Å². The summed E-state index contributed by atoms with van der Waals surface area (Å²) in [4.78, 5) is 2.55. The first-order valence-corrected chi connectivity index (χ1v) is 9.80. The van der Waals surface area contributed by atoms with Gasteiger partial charge in [0.05, 0.1) is 19.1 Å². The molecule has 1 aliphatic heterocycles. The number of piperidine rings is 1. The van der Waals surface area contributed by atoms with Crippen LogP contribution in [0.1, 0.15) is 25.3 Å². The molecule has 6 nitrogen and oxygen atoms in total. The summed E-state index contributed by atoms with van der Waals surface area (Å²) < 4.78 is 38.3. The Kier molecular flexibility index (Phi) is 6.48. The lowest BCUT2D eigenvalue weighted by Crippen LogP contribution is -2.40. The zero-order valence-corrected chi connectivity index (χ0v) is 15.8. The highest BCUT2D eigenvalue weighted by atomic mass is 32.2. The number of sulfonamides is 1. The van der Waals surface area contributed by atoms with Crippen molar-refractivity contribution in [3.8, 4) is 11.5 Å². The molecule has 7 heteroatoms. The molecule has 1 unspecified atom stereocenters. The van der Waals surface area contributed by atoms with Gasteiger partial charge in [-0.15, -0.1) is 0 Å². The molecule has 1 heterocycles. The zero-order chi connectivity index (χ0) is 17.7. The molecule has 1 N–H and O–H groups in total. The Morgan fingerprint density at radius 1 is 1.25 bits per heavy atom. The second-order valence-electron chi connectivity index (χ2n) is 6.42. The first-order valence-electron chi connectivity index (χ1n) is 8.32. The van der Waals surface area contributed by atoms with Crippen LogP contribution in [0.2, 0.25) is 0 Å². The van der Waals surface area contributed by atoms with Crippen LogP contribution in [0.25, 0.3) is 0 Å². The normalized spacial score (nSPS) is 19.2. The second-order valence-corrected chi connectivity index (χ2v) is 8.15. The third-order valence-corrected chi connectivity index (χ3v) is 6.03. The highest BCUT2D eigenvalue weighted by molar-refractivity contribution is 7.89. The van der Waals surface area contributed by atoms with Crippen molar-refractivity contribution in [3.63, 3.8) is 0 Å². The molecule has 1 fully saturated rings. The molecule has 136 valence electrons. The van der Waals surface area contributed by atoms with Crippen LogP contribution >= 0.6 is 0 Å². The van der Waals surface area contributed by atoms with E-state index in [0.29, 0.717) is 29.5 Å². The van der Waals surface area contributed by atoms with Gasteiger partial charge in [-0.05, 0) is 43.9 Å². The zero-order valence-electron chi connectivity index (χ0n) is 15.0. The largest absolute Gasteiger partial charge is 0.493 e. The molecule has 1 aromatic rings. The number of benzene rings is 1. The fraction of sp³-hybridized carbons (Fsp3) is 0.647. The van der Waals surface area contributed by atoms with Crippen LogP contribution in [-0.2, 0) is 10.0 Å². The molecule has 0 spiro atoms. The average Bonchev–Trinajstić information content (AvgIpc) is 2.54. The van der Waals surface area contributed by atoms with E-state index in [1.165, 1.54) is 33.1 Å². The molecule has 0 aliphatic carbocycles. The number of nitrogens with one attached hydrogen (secondary N) is 1. The lowest BCUT2D eigenvalue weighted by Gasteiger charge is -2.30. The van der Waals surface area contributed by atoms with Gasteiger partial charge >= 0.3 is 0 Å². The number of likely N-dealkylation sites (tertiary alicyclic amines) is 1. The van der Waals surface area contributed by atoms with Crippen LogP contribution in [0.4, 0.5) is 0 Å². The van der Waals surface area contributed by atoms with Gasteiger partial charge in [-0.3, -0.25) is 0 Å². The molecular weight excluding hydrogens is 328 g/mol. The minimum Gasteiger partial charge on any atom is -0.493 e. The van der Waals surface area contributed by atoms with Gasteiger partial charge in [0.1, 0.15) is 0 Å². The van der Waals surface area contributed by atoms with Crippen molar-refractivity contribution in [2.45, 2.75) is 31.6 Å². The molecule has 0 radical (unpaired) electrons. The molecule has 1 aromatic carbocycles. The molecule has 1 atom stereocenters. The predicted octanol–water partition coefficient (Wildman–Crippen LogP) is 2.02. The summed E-state index contributed by atoms with van der Waals surface area (Å²) in [5.74, 6) is 1.62. The quantitative estimate of drug-likeness (QED) is 0.810. The van der Waals surface area contributed by atoms with Crippen molar-refractivity contribution < 1.29 is 17.9 Å². The molecule has 0 amide bonds. The van der Waals surface area contributed by atoms with Crippen molar-refractivity contribution in [3.05, 3.63) is 17.7 Å². The maximum absolute atomic E-state index is 12.6. The van der Waals surface area contributed by atoms with E-state index < -0.39 is 10.0 Å². The third kappa shape index (κ3) is 4.62. The number of ether oxygens (including phenoxy) is 2. The SMILES string of the molecule is COc1cc(C)c(S(=O)(=O)NCCN2CCCC(C)C2)cc1OC. The lowest BCUT2D eigenvalue weighted by molar-refractivity contribution is 0.187. The van der Waals surface area contributed by atoms with Gasteiger partial charge in [0, 0.05) is 25.7 Å². The van der Waals surface area contributed by atoms with Crippen LogP contribution in [-0.4, -0.2) is 53.7 Å². The summed E-state index contributed by atoms with van der Waals surface area (Å²) in [5, 5.41) is 0. The molecule has 1 aliphatic rings. The molecular formula is C17H28N2O4S. The molecule has 0 aromatic heterocycles. The maximum atomic E-state index is 12.6. The minimum atomic E-state index is -3.58. The van der Waals surface area contributed by atoms with Crippen molar-refractivity contribution in [2.75, 3.05) is 40.4 Å². The fourth-order valence-corrected chi connectivity index (χ4v) is 4.42. The predicted molar refractivity (Wildman–Crippen MR) is 94.3 cm³/mol. The Morgan fingerprint density at radius 2 is 1.92 bits per heavy atom. The number of hydrogen-bond acceptors (Lipinski definition) is 5. The smallest absolute Gasteiger partial charge is 0.241 e. The number of methoxy groups -OCH3 is 2. The molecule has 1 saturated heterocycles. The summed E-state index contributed by atoms with van der Waals surface area (Å²) in [6, 6.07) is 3.19. The Balaban J connectivity index is 2.04. The van der Waals surface area contributed by atoms with Gasteiger partial charge < -0.3 is 14.4 Å². The van der Waals surface area contributed by atoms with Crippen LogP contribution in [0.3, 0.4) is 0 Å². The van der Waals surface area contributed by atoms with Gasteiger partial charge in [-0.1, -0.05) is 6.92 Å². The van der Waals surface area contributed by atoms with Crippen molar-refractivity contribution in [1.29, 1.82) is 0 Å². The molecule has 0 saturated carbocycles. The first-order chi connectivity index (χ1) is 11.4. The topological polar surface area (TPSA) is 67.9 Å². The van der Waals surface area contributed by atoms with E-state index in [4.69, 9.17) is 9.47 Å². The number of nitrogens with zero attached hydrogens (tertiary/aromatic N) is 1. The summed E-state index contributed by atoms with van der Waals surface area (Å²) in [6.45, 7) is 7.21. The Labute approximate surface area is 145 Å². The van der Waals surface area contributed by atoms with Gasteiger partial charge in [-0.25, -0.2) is 13.1 Å². The van der Waals surface area contributed by atoms with E-state index in [1.54, 1.807) is 13.0 Å². The van der Waals surface area contributed by atoms with Gasteiger partial charge in [-0.2, -0.15) is 0 Å². The van der Waals surface area contributed by atoms with Crippen molar-refractivity contribution in [1.82, 2.24) is 9.62 Å². The minimum absolute atomic E-state index is 0.229. The monoisotopic (exact) mass is 356 g/mol. The lowest BCUT2D eigenvalue weighted by atomic mass is 10.0. The van der Waals surface area contributed by atoms with E-state index in [1.807, 2.05) is 0 Å². The standard InChI is InChI=1S/C17H28N2O4S/c1-13-6-5-8-19(12-13)9-7-18-24(20,21)17-11-16(23-4)15(22-3)10-14(17)2/h10-11,13,18H,5-9,12H2,1-4H3. The highest BCUT2D eigenvalue weighted by Crippen LogP contribution is 2.32. The van der Waals surface area contributed by atoms with E-state index in [2.05, 4.69) is 16.5 Å². The van der Waals surface area contributed by atoms with E-state index in [0.717, 1.165) is 19.6 Å². The second kappa shape index (κ2) is 8.18. The average molecular weight is 356 g/mol. The van der Waals surface area contributed by atoms with Crippen molar-refractivity contribution >= 4 is 10.0 Å². The van der Waals surface area contributed by atoms with Gasteiger partial charge in [0.15, 0.2) is 11.5 Å². The molecule has 2 rings (SSSR count). The van der Waals surface area contributed by atoms with Crippen LogP contribution in [0, 0.1) is 12.8 Å². The Bertz CT molecular complexity index is 661. The molecule has 0 bridgehead atoms. The Morgan fingerprint density at radius 3 is 2.54 bits per heavy atom. The van der Waals surface area contributed by atoms with E-state index in [-0.39, 0.29) is 4.90 Å². The maximum Gasteiger partial charge on any atom is 0.241 e. The Hall–Kier alpha value is -1.31. The molecule has 24 heavy (non-hydrogen) atoms. The number of rotatable bonds is 7. The van der Waals surface area contributed by atoms with Crippen LogP contribution in [0.15, 0.2) is 17.0 Å². The van der Waals surface area contributed by atoms with Gasteiger partial charge in [0.2, 0.25) is 10.0 Å². The first kappa shape index (κ1) is 19.0. The van der Waals surface area contributed by atoms with Crippen molar-refractivity contribution in [2.24, 2.45) is 5.92 Å². The van der Waals surface area contributed by atoms with Crippen LogP contribution < -0.4 is 14.2 Å². The van der Waals surface area contributed by atoms with E-state index >= 15 is 0 Å².